The summed E-state index contributed by atoms with van der Waals surface area (Å²) in [6.45, 7) is 6.38. The molecule has 0 aromatic heterocycles. The lowest BCUT2D eigenvalue weighted by atomic mass is 9.80. The van der Waals surface area contributed by atoms with Crippen molar-refractivity contribution in [3.05, 3.63) is 51.6 Å². The van der Waals surface area contributed by atoms with Crippen molar-refractivity contribution in [3.63, 3.8) is 0 Å². The van der Waals surface area contributed by atoms with E-state index in [1.165, 1.54) is 37.3 Å². The Morgan fingerprint density at radius 2 is 1.78 bits per heavy atom. The Morgan fingerprint density at radius 3 is 2.30 bits per heavy atom. The largest absolute Gasteiger partial charge is 0.458 e. The number of esters is 2. The van der Waals surface area contributed by atoms with E-state index in [2.05, 4.69) is 0 Å². The molecule has 0 aliphatic heterocycles. The predicted molar refractivity (Wildman–Crippen MR) is 95.0 cm³/mol. The topological polar surface area (TPSA) is 113 Å². The molecule has 8 heteroatoms. The standard InChI is InChI=1S/C19H21NO7/c1-11-9-16(17(26-12(2)21)19(3,4)10-15(11)22)27-18(23)13-5-7-14(8-6-13)20(24)25/h5-9,16-17H,10H2,1-4H3. The number of carbonyl (C=O) groups is 3. The summed E-state index contributed by atoms with van der Waals surface area (Å²) in [5.74, 6) is -1.41. The van der Waals surface area contributed by atoms with Crippen LogP contribution in [0, 0.1) is 15.5 Å². The van der Waals surface area contributed by atoms with Crippen molar-refractivity contribution < 1.29 is 28.8 Å². The van der Waals surface area contributed by atoms with Crippen LogP contribution in [0.5, 0.6) is 0 Å². The normalized spacial score (nSPS) is 21.6. The fourth-order valence-electron chi connectivity index (χ4n) is 2.94. The van der Waals surface area contributed by atoms with Crippen molar-refractivity contribution in [1.82, 2.24) is 0 Å². The van der Waals surface area contributed by atoms with Gasteiger partial charge in [0.05, 0.1) is 10.5 Å². The minimum atomic E-state index is -0.960. The molecule has 1 aliphatic carbocycles. The maximum atomic E-state index is 12.5. The molecule has 27 heavy (non-hydrogen) atoms. The van der Waals surface area contributed by atoms with Crippen LogP contribution < -0.4 is 0 Å². The van der Waals surface area contributed by atoms with E-state index in [9.17, 15) is 24.5 Å². The molecule has 1 aromatic rings. The lowest BCUT2D eigenvalue weighted by molar-refractivity contribution is -0.384. The fraction of sp³-hybridized carbons (Fsp3) is 0.421. The summed E-state index contributed by atoms with van der Waals surface area (Å²) in [6.07, 6.45) is -0.191. The molecule has 0 spiro atoms. The molecule has 144 valence electrons. The number of carbonyl (C=O) groups excluding carboxylic acids is 3. The van der Waals surface area contributed by atoms with Crippen LogP contribution in [0.3, 0.4) is 0 Å². The number of ether oxygens (including phenoxy) is 2. The highest BCUT2D eigenvalue weighted by Gasteiger charge is 2.43. The highest BCUT2D eigenvalue weighted by Crippen LogP contribution is 2.36. The number of allylic oxidation sites excluding steroid dienone is 1. The van der Waals surface area contributed by atoms with Crippen molar-refractivity contribution in [2.24, 2.45) is 5.41 Å². The van der Waals surface area contributed by atoms with E-state index in [1.54, 1.807) is 20.8 Å². The van der Waals surface area contributed by atoms with Gasteiger partial charge in [0.25, 0.3) is 5.69 Å². The summed E-state index contributed by atoms with van der Waals surface area (Å²) in [5, 5.41) is 10.7. The number of benzene rings is 1. The second-order valence-electron chi connectivity index (χ2n) is 7.14. The highest BCUT2D eigenvalue weighted by molar-refractivity contribution is 5.96. The van der Waals surface area contributed by atoms with Crippen molar-refractivity contribution >= 4 is 23.4 Å². The quantitative estimate of drug-likeness (QED) is 0.451. The SMILES string of the molecule is CC(=O)OC1C(OC(=O)c2ccc([N+](=O)[O-])cc2)C=C(C)C(=O)CC1(C)C. The lowest BCUT2D eigenvalue weighted by Gasteiger charge is -2.35. The van der Waals surface area contributed by atoms with Gasteiger partial charge in [-0.3, -0.25) is 19.7 Å². The first kappa shape index (κ1) is 20.3. The molecule has 1 aromatic carbocycles. The Hall–Kier alpha value is -3.03. The van der Waals surface area contributed by atoms with Crippen LogP contribution in [0.4, 0.5) is 5.69 Å². The zero-order valence-corrected chi connectivity index (χ0v) is 15.6. The average molecular weight is 375 g/mol. The molecule has 0 N–H and O–H groups in total. The van der Waals surface area contributed by atoms with E-state index < -0.39 is 34.5 Å². The molecule has 2 rings (SSSR count). The molecule has 0 fully saturated rings. The molecule has 0 amide bonds. The Balaban J connectivity index is 2.32. The molecule has 2 atom stereocenters. The van der Waals surface area contributed by atoms with Gasteiger partial charge in [0.1, 0.15) is 6.10 Å². The summed E-state index contributed by atoms with van der Waals surface area (Å²) in [7, 11) is 0. The molecule has 8 nitrogen and oxygen atoms in total. The lowest BCUT2D eigenvalue weighted by Crippen LogP contribution is -2.43. The maximum Gasteiger partial charge on any atom is 0.338 e. The van der Waals surface area contributed by atoms with Crippen LogP contribution >= 0.6 is 0 Å². The zero-order chi connectivity index (χ0) is 20.4. The molecule has 2 unspecified atom stereocenters. The third kappa shape index (κ3) is 4.78. The first-order chi connectivity index (χ1) is 12.5. The van der Waals surface area contributed by atoms with Gasteiger partial charge >= 0.3 is 11.9 Å². The van der Waals surface area contributed by atoms with Gasteiger partial charge in [-0.25, -0.2) is 4.79 Å². The Bertz CT molecular complexity index is 808. The van der Waals surface area contributed by atoms with Crippen LogP contribution in [0.1, 0.15) is 44.5 Å². The fourth-order valence-corrected chi connectivity index (χ4v) is 2.94. The van der Waals surface area contributed by atoms with E-state index >= 15 is 0 Å². The van der Waals surface area contributed by atoms with Crippen LogP contribution in [-0.2, 0) is 19.1 Å². The number of hydrogen-bond acceptors (Lipinski definition) is 7. The van der Waals surface area contributed by atoms with E-state index in [4.69, 9.17) is 9.47 Å². The third-order valence-corrected chi connectivity index (χ3v) is 4.39. The monoisotopic (exact) mass is 375 g/mol. The summed E-state index contributed by atoms with van der Waals surface area (Å²) in [4.78, 5) is 46.4. The summed E-state index contributed by atoms with van der Waals surface area (Å²) in [5.41, 5.74) is -0.376. The molecule has 0 heterocycles. The van der Waals surface area contributed by atoms with Gasteiger partial charge < -0.3 is 9.47 Å². The summed E-state index contributed by atoms with van der Waals surface area (Å²) >= 11 is 0. The van der Waals surface area contributed by atoms with Crippen LogP contribution in [0.15, 0.2) is 35.9 Å². The number of ketones is 1. The Labute approximate surface area is 156 Å². The van der Waals surface area contributed by atoms with Gasteiger partial charge in [-0.1, -0.05) is 13.8 Å². The van der Waals surface area contributed by atoms with Crippen molar-refractivity contribution in [2.45, 2.75) is 46.3 Å². The maximum absolute atomic E-state index is 12.5. The van der Waals surface area contributed by atoms with Crippen LogP contribution in [0.2, 0.25) is 0 Å². The van der Waals surface area contributed by atoms with Gasteiger partial charge in [0.15, 0.2) is 11.9 Å². The number of hydrogen-bond donors (Lipinski definition) is 0. The molecule has 0 bridgehead atoms. The highest BCUT2D eigenvalue weighted by atomic mass is 16.6. The number of nitro benzene ring substituents is 1. The molecular formula is C19H21NO7. The number of nitro groups is 1. The first-order valence-electron chi connectivity index (χ1n) is 8.35. The van der Waals surface area contributed by atoms with Crippen molar-refractivity contribution in [1.29, 1.82) is 0 Å². The van der Waals surface area contributed by atoms with E-state index in [0.29, 0.717) is 5.57 Å². The second-order valence-corrected chi connectivity index (χ2v) is 7.14. The first-order valence-corrected chi connectivity index (χ1v) is 8.35. The molecule has 0 radical (unpaired) electrons. The Kier molecular flexibility index (Phi) is 5.78. The van der Waals surface area contributed by atoms with Gasteiger partial charge in [-0.05, 0) is 30.7 Å². The molecular weight excluding hydrogens is 354 g/mol. The number of nitrogens with zero attached hydrogens (tertiary/aromatic N) is 1. The predicted octanol–water partition coefficient (Wildman–Crippen LogP) is 3.00. The van der Waals surface area contributed by atoms with E-state index in [-0.39, 0.29) is 23.5 Å². The smallest absolute Gasteiger partial charge is 0.338 e. The second kappa shape index (κ2) is 7.69. The van der Waals surface area contributed by atoms with Gasteiger partial charge in [0.2, 0.25) is 0 Å². The van der Waals surface area contributed by atoms with Crippen molar-refractivity contribution in [2.75, 3.05) is 0 Å². The molecule has 0 saturated carbocycles. The van der Waals surface area contributed by atoms with E-state index in [0.717, 1.165) is 0 Å². The van der Waals surface area contributed by atoms with Crippen LogP contribution in [0.25, 0.3) is 0 Å². The van der Waals surface area contributed by atoms with E-state index in [1.807, 2.05) is 0 Å². The van der Waals surface area contributed by atoms with Gasteiger partial charge in [0, 0.05) is 30.9 Å². The molecule has 1 aliphatic rings. The zero-order valence-electron chi connectivity index (χ0n) is 15.6. The number of Topliss-reactive ketones (excluding diaryl/α,β-unsaturated/α-hetero) is 1. The minimum absolute atomic E-state index is 0.113. The number of non-ortho nitro benzene ring substituents is 1. The van der Waals surface area contributed by atoms with Gasteiger partial charge in [-0.15, -0.1) is 0 Å². The van der Waals surface area contributed by atoms with Crippen molar-refractivity contribution in [3.8, 4) is 0 Å². The Morgan fingerprint density at radius 1 is 1.19 bits per heavy atom. The summed E-state index contributed by atoms with van der Waals surface area (Å²) in [6, 6.07) is 4.96. The number of rotatable bonds is 4. The minimum Gasteiger partial charge on any atom is -0.458 e. The summed E-state index contributed by atoms with van der Waals surface area (Å²) < 4.78 is 10.9. The van der Waals surface area contributed by atoms with Crippen LogP contribution in [-0.4, -0.2) is 34.9 Å². The molecule has 0 saturated heterocycles. The average Bonchev–Trinajstić information content (AvgIpc) is 2.64. The third-order valence-electron chi connectivity index (χ3n) is 4.39. The van der Waals surface area contributed by atoms with Gasteiger partial charge in [-0.2, -0.15) is 0 Å².